The predicted octanol–water partition coefficient (Wildman–Crippen LogP) is 0.385. The Kier molecular flexibility index (Phi) is 4.32. The first-order chi connectivity index (χ1) is 7.61. The summed E-state index contributed by atoms with van der Waals surface area (Å²) in [7, 11) is 0. The van der Waals surface area contributed by atoms with E-state index in [1.165, 1.54) is 31.2 Å². The highest BCUT2D eigenvalue weighted by Gasteiger charge is 2.07. The molecule has 0 unspecified atom stereocenters. The third-order valence-corrected chi connectivity index (χ3v) is 1.76. The van der Waals surface area contributed by atoms with Crippen LogP contribution in [0.15, 0.2) is 24.3 Å². The van der Waals surface area contributed by atoms with E-state index in [-0.39, 0.29) is 12.4 Å². The number of nitrogens with one attached hydrogen (secondary N) is 1. The number of carbonyl (C=O) groups excluding carboxylic acids is 2. The molecule has 0 saturated heterocycles. The number of benzene rings is 1. The van der Waals surface area contributed by atoms with Gasteiger partial charge < -0.3 is 15.2 Å². The van der Waals surface area contributed by atoms with E-state index < -0.39 is 11.9 Å². The Hall–Kier alpha value is -2.04. The van der Waals surface area contributed by atoms with Crippen molar-refractivity contribution in [3.05, 3.63) is 24.3 Å². The molecule has 1 aromatic carbocycles. The van der Waals surface area contributed by atoms with Crippen molar-refractivity contribution in [3.63, 3.8) is 0 Å². The van der Waals surface area contributed by atoms with E-state index in [1.807, 2.05) is 0 Å². The van der Waals surface area contributed by atoms with Crippen LogP contribution in [-0.4, -0.2) is 29.9 Å². The van der Waals surface area contributed by atoms with Gasteiger partial charge in [-0.05, 0) is 31.2 Å². The Labute approximate surface area is 93.0 Å². The minimum atomic E-state index is -0.643. The van der Waals surface area contributed by atoms with Gasteiger partial charge in [0.15, 0.2) is 6.61 Å². The average molecular weight is 222 g/mol. The Morgan fingerprint density at radius 3 is 2.69 bits per heavy atom. The van der Waals surface area contributed by atoms with Crippen LogP contribution in [0.5, 0.6) is 11.5 Å². The number of phenolic OH excluding ortho intramolecular Hbond substituents is 1. The van der Waals surface area contributed by atoms with Crippen LogP contribution in [0, 0.1) is 0 Å². The number of rotatable bonds is 5. The third kappa shape index (κ3) is 4.00. The summed E-state index contributed by atoms with van der Waals surface area (Å²) in [5, 5.41) is 11.4. The molecule has 0 fully saturated rings. The first kappa shape index (κ1) is 12.0. The van der Waals surface area contributed by atoms with Crippen LogP contribution < -0.4 is 10.1 Å². The summed E-state index contributed by atoms with van der Waals surface area (Å²) in [6.45, 7) is 1.34. The number of hydrogen-bond acceptors (Lipinski definition) is 4. The van der Waals surface area contributed by atoms with Crippen molar-refractivity contribution < 1.29 is 19.4 Å². The van der Waals surface area contributed by atoms with E-state index in [0.717, 1.165) is 0 Å². The first-order valence-electron chi connectivity index (χ1n) is 4.70. The smallest absolute Gasteiger partial charge is 0.258 e. The highest BCUT2D eigenvalue weighted by Crippen LogP contribution is 2.15. The first-order valence-corrected chi connectivity index (χ1v) is 4.70. The summed E-state index contributed by atoms with van der Waals surface area (Å²) in [4.78, 5) is 21.3. The van der Waals surface area contributed by atoms with E-state index in [1.54, 1.807) is 6.29 Å². The van der Waals surface area contributed by atoms with Crippen molar-refractivity contribution in [1.82, 2.24) is 5.32 Å². The lowest BCUT2D eigenvalue weighted by molar-refractivity contribution is -0.123. The molecule has 0 heterocycles. The Morgan fingerprint density at radius 2 is 2.12 bits per heavy atom. The summed E-state index contributed by atoms with van der Waals surface area (Å²) >= 11 is 0. The van der Waals surface area contributed by atoms with Gasteiger partial charge in [0.2, 0.25) is 6.29 Å². The van der Waals surface area contributed by atoms with Gasteiger partial charge in [0.05, 0.1) is 6.04 Å². The molecule has 1 rings (SSSR count). The lowest BCUT2D eigenvalue weighted by atomic mass is 10.3. The number of phenols is 1. The zero-order chi connectivity index (χ0) is 12.0. The number of hydrogen-bond donors (Lipinski definition) is 2. The van der Waals surface area contributed by atoms with Crippen LogP contribution in [0.4, 0.5) is 0 Å². The maximum absolute atomic E-state index is 11.2. The molecular formula is C11H12NO4. The second-order valence-electron chi connectivity index (χ2n) is 3.19. The van der Waals surface area contributed by atoms with Crippen molar-refractivity contribution >= 4 is 12.2 Å². The van der Waals surface area contributed by atoms with E-state index >= 15 is 0 Å². The minimum absolute atomic E-state index is 0.126. The summed E-state index contributed by atoms with van der Waals surface area (Å²) < 4.78 is 5.12. The molecule has 0 aliphatic heterocycles. The molecule has 0 aliphatic rings. The fourth-order valence-electron chi connectivity index (χ4n) is 1.00. The van der Waals surface area contributed by atoms with Crippen LogP contribution in [0.1, 0.15) is 6.92 Å². The van der Waals surface area contributed by atoms with Gasteiger partial charge in [-0.15, -0.1) is 0 Å². The largest absolute Gasteiger partial charge is 0.508 e. The van der Waals surface area contributed by atoms with Crippen LogP contribution in [0.25, 0.3) is 0 Å². The van der Waals surface area contributed by atoms with Gasteiger partial charge in [-0.1, -0.05) is 0 Å². The fraction of sp³-hybridized carbons (Fsp3) is 0.273. The molecule has 0 aliphatic carbocycles. The molecule has 16 heavy (non-hydrogen) atoms. The van der Waals surface area contributed by atoms with Crippen LogP contribution in [-0.2, 0) is 9.59 Å². The van der Waals surface area contributed by atoms with Gasteiger partial charge in [-0.3, -0.25) is 9.59 Å². The Morgan fingerprint density at radius 1 is 1.50 bits per heavy atom. The van der Waals surface area contributed by atoms with Crippen molar-refractivity contribution in [3.8, 4) is 11.5 Å². The minimum Gasteiger partial charge on any atom is -0.508 e. The van der Waals surface area contributed by atoms with Crippen molar-refractivity contribution in [2.45, 2.75) is 13.0 Å². The zero-order valence-electron chi connectivity index (χ0n) is 8.77. The Balaban J connectivity index is 2.37. The van der Waals surface area contributed by atoms with Crippen LogP contribution in [0.2, 0.25) is 0 Å². The van der Waals surface area contributed by atoms with Crippen molar-refractivity contribution in [2.24, 2.45) is 0 Å². The van der Waals surface area contributed by atoms with E-state index in [4.69, 9.17) is 9.84 Å². The molecule has 1 radical (unpaired) electrons. The zero-order valence-corrected chi connectivity index (χ0v) is 8.77. The number of aromatic hydroxyl groups is 1. The molecular weight excluding hydrogens is 210 g/mol. The monoisotopic (exact) mass is 222 g/mol. The molecule has 85 valence electrons. The van der Waals surface area contributed by atoms with Crippen LogP contribution in [0.3, 0.4) is 0 Å². The normalized spacial score (nSPS) is 11.6. The topological polar surface area (TPSA) is 75.6 Å². The summed E-state index contributed by atoms with van der Waals surface area (Å²) in [6, 6.07) is 5.34. The lowest BCUT2D eigenvalue weighted by Crippen LogP contribution is -2.36. The van der Waals surface area contributed by atoms with E-state index in [9.17, 15) is 9.59 Å². The molecule has 0 spiro atoms. The summed E-state index contributed by atoms with van der Waals surface area (Å²) in [6.07, 6.45) is 1.63. The van der Waals surface area contributed by atoms with Gasteiger partial charge in [0.25, 0.3) is 5.91 Å². The van der Waals surface area contributed by atoms with Gasteiger partial charge >= 0.3 is 0 Å². The highest BCUT2D eigenvalue weighted by atomic mass is 16.5. The average Bonchev–Trinajstić information content (AvgIpc) is 2.28. The van der Waals surface area contributed by atoms with Crippen molar-refractivity contribution in [2.75, 3.05) is 6.61 Å². The predicted molar refractivity (Wildman–Crippen MR) is 56.9 cm³/mol. The number of ether oxygens (including phenoxy) is 1. The molecule has 5 nitrogen and oxygen atoms in total. The molecule has 0 bridgehead atoms. The second-order valence-corrected chi connectivity index (χ2v) is 3.19. The third-order valence-electron chi connectivity index (χ3n) is 1.76. The van der Waals surface area contributed by atoms with E-state index in [0.29, 0.717) is 5.75 Å². The van der Waals surface area contributed by atoms with Crippen LogP contribution >= 0.6 is 0 Å². The van der Waals surface area contributed by atoms with Gasteiger partial charge in [-0.2, -0.15) is 0 Å². The molecule has 1 atom stereocenters. The molecule has 2 N–H and O–H groups in total. The van der Waals surface area contributed by atoms with Gasteiger partial charge in [-0.25, -0.2) is 0 Å². The maximum atomic E-state index is 11.2. The summed E-state index contributed by atoms with van der Waals surface area (Å²) in [5.41, 5.74) is 0. The highest BCUT2D eigenvalue weighted by molar-refractivity contribution is 5.80. The number of amides is 1. The quantitative estimate of drug-likeness (QED) is 0.755. The Bertz CT molecular complexity index is 361. The standard InChI is InChI=1S/C11H12NO4/c1-8(6-13)12-11(15)7-16-10-4-2-9(14)3-5-10/h2-5,8,14H,7H2,1H3,(H,12,15)/t8-/m0/s1. The van der Waals surface area contributed by atoms with E-state index in [2.05, 4.69) is 5.32 Å². The van der Waals surface area contributed by atoms with Gasteiger partial charge in [0.1, 0.15) is 11.5 Å². The molecule has 5 heteroatoms. The molecule has 1 amide bonds. The molecule has 0 aromatic heterocycles. The molecule has 0 saturated carbocycles. The maximum Gasteiger partial charge on any atom is 0.258 e. The summed E-state index contributed by atoms with van der Waals surface area (Å²) in [5.74, 6) is 0.195. The van der Waals surface area contributed by atoms with Gasteiger partial charge in [0, 0.05) is 0 Å². The SMILES string of the molecule is C[C@@H]([C]=O)NC(=O)COc1ccc(O)cc1. The van der Waals surface area contributed by atoms with Crippen molar-refractivity contribution in [1.29, 1.82) is 0 Å². The number of carbonyl (C=O) groups is 1. The molecule has 1 aromatic rings. The fourth-order valence-corrected chi connectivity index (χ4v) is 1.00. The second kappa shape index (κ2) is 5.75. The lowest BCUT2D eigenvalue weighted by Gasteiger charge is -2.08.